The average Bonchev–Trinajstić information content (AvgIpc) is 2.69. The van der Waals surface area contributed by atoms with Gasteiger partial charge in [0.05, 0.1) is 29.2 Å². The molecule has 0 aromatic heterocycles. The number of nitrogens with zero attached hydrogens (tertiary/aromatic N) is 3. The van der Waals surface area contributed by atoms with Crippen molar-refractivity contribution in [1.82, 2.24) is 4.90 Å². The Hall–Kier alpha value is -2.23. The third-order valence-electron chi connectivity index (χ3n) is 5.05. The molecule has 1 fully saturated rings. The first-order valence-corrected chi connectivity index (χ1v) is 10.5. The highest BCUT2D eigenvalue weighted by Gasteiger charge is 2.38. The van der Waals surface area contributed by atoms with Crippen LogP contribution in [0.4, 0.5) is 5.69 Å². The zero-order valence-electron chi connectivity index (χ0n) is 14.9. The quantitative estimate of drug-likeness (QED) is 0.661. The Morgan fingerprint density at radius 3 is 2.63 bits per heavy atom. The Labute approximate surface area is 171 Å². The third-order valence-corrected chi connectivity index (χ3v) is 6.73. The summed E-state index contributed by atoms with van der Waals surface area (Å²) in [5.41, 5.74) is 3.97. The van der Waals surface area contributed by atoms with Gasteiger partial charge in [0.15, 0.2) is 0 Å². The topological polar surface area (TPSA) is 47.3 Å². The van der Waals surface area contributed by atoms with E-state index in [-0.39, 0.29) is 11.8 Å². The van der Waals surface area contributed by atoms with Crippen LogP contribution in [0.15, 0.2) is 63.6 Å². The first-order valence-electron chi connectivity index (χ1n) is 8.72. The van der Waals surface area contributed by atoms with E-state index in [0.717, 1.165) is 26.3 Å². The van der Waals surface area contributed by atoms with Gasteiger partial charge in [0.25, 0.3) is 0 Å². The largest absolute Gasteiger partial charge is 0.344 e. The van der Waals surface area contributed by atoms with Gasteiger partial charge in [0.1, 0.15) is 0 Å². The van der Waals surface area contributed by atoms with Crippen molar-refractivity contribution in [1.29, 1.82) is 5.26 Å². The number of nitriles is 1. The standard InChI is InChI=1S/C21H18BrN3OS/c1-14-4-2-3-5-17(14)18-10-20(26)25-12-24(13-27-21(25)19(18)11-23)16-8-6-15(22)7-9-16/h2-9,18H,10,12-13H2,1H3. The van der Waals surface area contributed by atoms with Gasteiger partial charge in [-0.25, -0.2) is 0 Å². The Morgan fingerprint density at radius 1 is 1.19 bits per heavy atom. The molecule has 1 unspecified atom stereocenters. The summed E-state index contributed by atoms with van der Waals surface area (Å²) in [6.07, 6.45) is 0.339. The maximum Gasteiger partial charge on any atom is 0.229 e. The number of fused-ring (bicyclic) bond motifs is 1. The molecule has 1 saturated heterocycles. The van der Waals surface area contributed by atoms with Crippen molar-refractivity contribution in [2.24, 2.45) is 0 Å². The Bertz CT molecular complexity index is 964. The Kier molecular flexibility index (Phi) is 4.98. The van der Waals surface area contributed by atoms with Crippen molar-refractivity contribution < 1.29 is 4.79 Å². The number of hydrogen-bond acceptors (Lipinski definition) is 4. The number of aryl methyl sites for hydroxylation is 1. The molecule has 0 saturated carbocycles. The van der Waals surface area contributed by atoms with Gasteiger partial charge in [-0.05, 0) is 42.3 Å². The number of carbonyl (C=O) groups is 1. The molecule has 1 amide bonds. The van der Waals surface area contributed by atoms with E-state index in [9.17, 15) is 10.1 Å². The minimum atomic E-state index is -0.151. The van der Waals surface area contributed by atoms with Crippen LogP contribution in [0.3, 0.4) is 0 Å². The van der Waals surface area contributed by atoms with Crippen molar-refractivity contribution in [2.45, 2.75) is 19.3 Å². The predicted molar refractivity (Wildman–Crippen MR) is 112 cm³/mol. The predicted octanol–water partition coefficient (Wildman–Crippen LogP) is 4.98. The van der Waals surface area contributed by atoms with E-state index in [1.807, 2.05) is 55.5 Å². The second kappa shape index (κ2) is 7.41. The van der Waals surface area contributed by atoms with Crippen molar-refractivity contribution in [3.63, 3.8) is 0 Å². The van der Waals surface area contributed by atoms with Crippen LogP contribution in [0.5, 0.6) is 0 Å². The van der Waals surface area contributed by atoms with Gasteiger partial charge in [-0.1, -0.05) is 52.0 Å². The highest BCUT2D eigenvalue weighted by Crippen LogP contribution is 2.43. The van der Waals surface area contributed by atoms with E-state index < -0.39 is 0 Å². The molecule has 4 rings (SSSR count). The summed E-state index contributed by atoms with van der Waals surface area (Å²) in [6, 6.07) is 18.5. The molecule has 4 nitrogen and oxygen atoms in total. The van der Waals surface area contributed by atoms with E-state index in [1.165, 1.54) is 0 Å². The van der Waals surface area contributed by atoms with Gasteiger partial charge in [-0.3, -0.25) is 9.69 Å². The van der Waals surface area contributed by atoms with Crippen molar-refractivity contribution in [2.75, 3.05) is 17.4 Å². The highest BCUT2D eigenvalue weighted by atomic mass is 79.9. The summed E-state index contributed by atoms with van der Waals surface area (Å²) in [7, 11) is 0. The molecule has 0 N–H and O–H groups in total. The molecule has 2 aromatic carbocycles. The molecular formula is C21H18BrN3OS. The monoisotopic (exact) mass is 439 g/mol. The lowest BCUT2D eigenvalue weighted by Crippen LogP contribution is -2.47. The molecule has 2 heterocycles. The maximum atomic E-state index is 13.0. The molecule has 0 bridgehead atoms. The number of amides is 1. The zero-order chi connectivity index (χ0) is 19.0. The maximum absolute atomic E-state index is 13.0. The van der Waals surface area contributed by atoms with Crippen molar-refractivity contribution >= 4 is 39.3 Å². The van der Waals surface area contributed by atoms with Gasteiger partial charge in [0.2, 0.25) is 5.91 Å². The molecule has 136 valence electrons. The number of anilines is 1. The second-order valence-corrected chi connectivity index (χ2v) is 8.55. The number of thioether (sulfide) groups is 1. The molecule has 1 atom stereocenters. The van der Waals surface area contributed by atoms with Gasteiger partial charge in [-0.2, -0.15) is 5.26 Å². The molecular weight excluding hydrogens is 422 g/mol. The van der Waals surface area contributed by atoms with Crippen LogP contribution in [0.2, 0.25) is 0 Å². The fraction of sp³-hybridized carbons (Fsp3) is 0.238. The van der Waals surface area contributed by atoms with Crippen molar-refractivity contribution in [3.8, 4) is 6.07 Å². The Morgan fingerprint density at radius 2 is 1.93 bits per heavy atom. The van der Waals surface area contributed by atoms with Crippen LogP contribution >= 0.6 is 27.7 Å². The minimum Gasteiger partial charge on any atom is -0.344 e. The van der Waals surface area contributed by atoms with Gasteiger partial charge in [-0.15, -0.1) is 0 Å². The minimum absolute atomic E-state index is 0.0755. The lowest BCUT2D eigenvalue weighted by Gasteiger charge is -2.42. The SMILES string of the molecule is Cc1ccccc1C1CC(=O)N2CN(c3ccc(Br)cc3)CSC2=C1C#N. The molecule has 2 aromatic rings. The van der Waals surface area contributed by atoms with E-state index in [4.69, 9.17) is 0 Å². The van der Waals surface area contributed by atoms with E-state index >= 15 is 0 Å². The number of hydrogen-bond donors (Lipinski definition) is 0. The van der Waals surface area contributed by atoms with Crippen molar-refractivity contribution in [3.05, 3.63) is 74.7 Å². The summed E-state index contributed by atoms with van der Waals surface area (Å²) < 4.78 is 1.03. The van der Waals surface area contributed by atoms with Crippen LogP contribution in [0.25, 0.3) is 0 Å². The van der Waals surface area contributed by atoms with E-state index in [0.29, 0.717) is 24.5 Å². The summed E-state index contributed by atoms with van der Waals surface area (Å²) >= 11 is 5.03. The lowest BCUT2D eigenvalue weighted by atomic mass is 9.84. The van der Waals surface area contributed by atoms with E-state index in [1.54, 1.807) is 16.7 Å². The molecule has 6 heteroatoms. The molecule has 0 aliphatic carbocycles. The number of benzene rings is 2. The Balaban J connectivity index is 1.68. The molecule has 27 heavy (non-hydrogen) atoms. The first kappa shape index (κ1) is 18.1. The number of allylic oxidation sites excluding steroid dienone is 1. The fourth-order valence-corrected chi connectivity index (χ4v) is 5.05. The van der Waals surface area contributed by atoms with Crippen LogP contribution in [-0.4, -0.2) is 23.4 Å². The summed E-state index contributed by atoms with van der Waals surface area (Å²) in [6.45, 7) is 2.52. The zero-order valence-corrected chi connectivity index (χ0v) is 17.3. The van der Waals surface area contributed by atoms with Gasteiger partial charge >= 0.3 is 0 Å². The first-order chi connectivity index (χ1) is 13.1. The second-order valence-electron chi connectivity index (χ2n) is 6.70. The molecule has 2 aliphatic rings. The molecule has 0 radical (unpaired) electrons. The van der Waals surface area contributed by atoms with Gasteiger partial charge in [0, 0.05) is 22.5 Å². The smallest absolute Gasteiger partial charge is 0.229 e. The summed E-state index contributed by atoms with van der Waals surface area (Å²) in [5.74, 6) is 0.639. The van der Waals surface area contributed by atoms with Crippen LogP contribution in [-0.2, 0) is 4.79 Å². The molecule has 2 aliphatic heterocycles. The van der Waals surface area contributed by atoms with Crippen LogP contribution < -0.4 is 4.90 Å². The normalized spacial score (nSPS) is 19.7. The summed E-state index contributed by atoms with van der Waals surface area (Å²) in [5, 5.41) is 10.7. The van der Waals surface area contributed by atoms with Gasteiger partial charge < -0.3 is 4.90 Å². The highest BCUT2D eigenvalue weighted by molar-refractivity contribution is 9.10. The average molecular weight is 440 g/mol. The number of carbonyl (C=O) groups excluding carboxylic acids is 1. The van der Waals surface area contributed by atoms with E-state index in [2.05, 4.69) is 26.9 Å². The lowest BCUT2D eigenvalue weighted by molar-refractivity contribution is -0.129. The van der Waals surface area contributed by atoms with Crippen LogP contribution in [0, 0.1) is 18.3 Å². The fourth-order valence-electron chi connectivity index (χ4n) is 3.62. The van der Waals surface area contributed by atoms with Crippen LogP contribution in [0.1, 0.15) is 23.5 Å². The third kappa shape index (κ3) is 3.38. The number of halogens is 1. The number of rotatable bonds is 2. The molecule has 0 spiro atoms. The summed E-state index contributed by atoms with van der Waals surface area (Å²) in [4.78, 5) is 16.9.